The monoisotopic (exact) mass is 167 g/mol. The number of halogens is 1. The van der Waals surface area contributed by atoms with Crippen molar-refractivity contribution in [2.75, 3.05) is 0 Å². The lowest BCUT2D eigenvalue weighted by Crippen LogP contribution is -2.46. The van der Waals surface area contributed by atoms with E-state index in [-0.39, 0.29) is 18.4 Å². The summed E-state index contributed by atoms with van der Waals surface area (Å²) < 4.78 is 0. The molecule has 1 rings (SSSR count). The molecule has 1 saturated carbocycles. The highest BCUT2D eigenvalue weighted by atomic mass is 35.5. The maximum absolute atomic E-state index is 9.07. The second-order valence-electron chi connectivity index (χ2n) is 2.65. The highest BCUT2D eigenvalue weighted by Crippen LogP contribution is 2.16. The van der Waals surface area contributed by atoms with Crippen molar-refractivity contribution in [1.29, 1.82) is 0 Å². The summed E-state index contributed by atoms with van der Waals surface area (Å²) in [7, 11) is 0. The molecule has 4 N–H and O–H groups in total. The molecule has 10 heavy (non-hydrogen) atoms. The Balaban J connectivity index is 0.000000810. The Hall–Kier alpha value is 0.170. The Labute approximate surface area is 66.6 Å². The molecule has 0 aromatic carbocycles. The van der Waals surface area contributed by atoms with Crippen molar-refractivity contribution < 1.29 is 10.2 Å². The van der Waals surface area contributed by atoms with Gasteiger partial charge in [0, 0.05) is 6.04 Å². The van der Waals surface area contributed by atoms with Crippen LogP contribution in [0.2, 0.25) is 0 Å². The number of nitrogens with two attached hydrogens (primary N) is 1. The first-order valence-corrected chi connectivity index (χ1v) is 3.33. The molecule has 1 fully saturated rings. The van der Waals surface area contributed by atoms with E-state index in [1.807, 2.05) is 0 Å². The van der Waals surface area contributed by atoms with E-state index in [4.69, 9.17) is 15.9 Å². The lowest BCUT2D eigenvalue weighted by Gasteiger charge is -2.28. The van der Waals surface area contributed by atoms with Crippen LogP contribution in [0, 0.1) is 0 Å². The summed E-state index contributed by atoms with van der Waals surface area (Å²) in [6, 6.07) is -0.214. The summed E-state index contributed by atoms with van der Waals surface area (Å²) in [5, 5.41) is 18.1. The standard InChI is InChI=1S/C6H13NO2.ClH/c7-4-2-1-3-5(8)6(4)9;/h4-6,8-9H,1-3,7H2;1H/t4-,5-,6+;/m1./s1. The Bertz CT molecular complexity index is 91.7. The van der Waals surface area contributed by atoms with Crippen LogP contribution < -0.4 is 5.73 Å². The van der Waals surface area contributed by atoms with Crippen LogP contribution in [0.5, 0.6) is 0 Å². The average Bonchev–Trinajstić information content (AvgIpc) is 1.83. The van der Waals surface area contributed by atoms with E-state index in [9.17, 15) is 0 Å². The second-order valence-corrected chi connectivity index (χ2v) is 2.65. The zero-order chi connectivity index (χ0) is 6.85. The molecule has 0 unspecified atom stereocenters. The Kier molecular flexibility index (Phi) is 4.20. The van der Waals surface area contributed by atoms with Gasteiger partial charge >= 0.3 is 0 Å². The van der Waals surface area contributed by atoms with Crippen molar-refractivity contribution in [3.63, 3.8) is 0 Å². The lowest BCUT2D eigenvalue weighted by atomic mass is 9.91. The van der Waals surface area contributed by atoms with Crippen LogP contribution in [-0.4, -0.2) is 28.5 Å². The van der Waals surface area contributed by atoms with Gasteiger partial charge in [0.25, 0.3) is 0 Å². The van der Waals surface area contributed by atoms with Crippen LogP contribution >= 0.6 is 12.4 Å². The van der Waals surface area contributed by atoms with Crippen LogP contribution in [0.15, 0.2) is 0 Å². The van der Waals surface area contributed by atoms with E-state index >= 15 is 0 Å². The minimum Gasteiger partial charge on any atom is -0.390 e. The third-order valence-electron chi connectivity index (χ3n) is 1.87. The van der Waals surface area contributed by atoms with Crippen LogP contribution in [0.25, 0.3) is 0 Å². The average molecular weight is 168 g/mol. The molecule has 0 heterocycles. The van der Waals surface area contributed by atoms with Crippen LogP contribution in [0.1, 0.15) is 19.3 Å². The Morgan fingerprint density at radius 2 is 1.80 bits per heavy atom. The quantitative estimate of drug-likeness (QED) is 0.462. The highest BCUT2D eigenvalue weighted by Gasteiger charge is 2.26. The van der Waals surface area contributed by atoms with E-state index in [2.05, 4.69) is 0 Å². The number of aliphatic hydroxyl groups excluding tert-OH is 2. The maximum Gasteiger partial charge on any atom is 0.0949 e. The fourth-order valence-electron chi connectivity index (χ4n) is 1.19. The summed E-state index contributed by atoms with van der Waals surface area (Å²) in [5.41, 5.74) is 5.46. The van der Waals surface area contributed by atoms with Crippen molar-refractivity contribution in [3.05, 3.63) is 0 Å². The molecule has 0 bridgehead atoms. The van der Waals surface area contributed by atoms with Crippen LogP contribution in [0.3, 0.4) is 0 Å². The van der Waals surface area contributed by atoms with Crippen LogP contribution in [-0.2, 0) is 0 Å². The van der Waals surface area contributed by atoms with Gasteiger partial charge in [-0.25, -0.2) is 0 Å². The number of hydrogen-bond donors (Lipinski definition) is 3. The first-order chi connectivity index (χ1) is 4.22. The lowest BCUT2D eigenvalue weighted by molar-refractivity contribution is -0.0205. The van der Waals surface area contributed by atoms with Crippen molar-refractivity contribution >= 4 is 12.4 Å². The summed E-state index contributed by atoms with van der Waals surface area (Å²) in [4.78, 5) is 0. The number of aliphatic hydroxyl groups is 2. The molecule has 0 aromatic rings. The van der Waals surface area contributed by atoms with E-state index in [1.54, 1.807) is 0 Å². The van der Waals surface area contributed by atoms with Gasteiger partial charge in [0.15, 0.2) is 0 Å². The molecule has 4 heteroatoms. The fraction of sp³-hybridized carbons (Fsp3) is 1.00. The number of rotatable bonds is 0. The maximum atomic E-state index is 9.07. The van der Waals surface area contributed by atoms with Crippen LogP contribution in [0.4, 0.5) is 0 Å². The van der Waals surface area contributed by atoms with Crippen molar-refractivity contribution in [3.8, 4) is 0 Å². The molecule has 3 atom stereocenters. The van der Waals surface area contributed by atoms with Gasteiger partial charge in [-0.1, -0.05) is 0 Å². The third-order valence-corrected chi connectivity index (χ3v) is 1.87. The smallest absolute Gasteiger partial charge is 0.0949 e. The molecule has 0 saturated heterocycles. The summed E-state index contributed by atoms with van der Waals surface area (Å²) >= 11 is 0. The molecule has 0 amide bonds. The normalized spacial score (nSPS) is 40.5. The van der Waals surface area contributed by atoms with Crippen molar-refractivity contribution in [2.45, 2.75) is 37.5 Å². The summed E-state index contributed by atoms with van der Waals surface area (Å²) in [6.45, 7) is 0. The molecule has 62 valence electrons. The number of hydrogen-bond acceptors (Lipinski definition) is 3. The Morgan fingerprint density at radius 3 is 2.20 bits per heavy atom. The van der Waals surface area contributed by atoms with Gasteiger partial charge in [-0.2, -0.15) is 0 Å². The summed E-state index contributed by atoms with van der Waals surface area (Å²) in [6.07, 6.45) is 1.17. The minimum absolute atomic E-state index is 0. The first-order valence-electron chi connectivity index (χ1n) is 3.33. The van der Waals surface area contributed by atoms with Gasteiger partial charge in [-0.3, -0.25) is 0 Å². The molecule has 0 spiro atoms. The van der Waals surface area contributed by atoms with E-state index in [1.165, 1.54) is 0 Å². The van der Waals surface area contributed by atoms with E-state index in [0.717, 1.165) is 12.8 Å². The van der Waals surface area contributed by atoms with Gasteiger partial charge < -0.3 is 15.9 Å². The van der Waals surface area contributed by atoms with Gasteiger partial charge in [-0.15, -0.1) is 12.4 Å². The fourth-order valence-corrected chi connectivity index (χ4v) is 1.19. The minimum atomic E-state index is -0.696. The highest BCUT2D eigenvalue weighted by molar-refractivity contribution is 5.85. The predicted octanol–water partition coefficient (Wildman–Crippen LogP) is -0.359. The van der Waals surface area contributed by atoms with Gasteiger partial charge in [0.1, 0.15) is 0 Å². The molecule has 3 nitrogen and oxygen atoms in total. The third kappa shape index (κ3) is 2.09. The van der Waals surface area contributed by atoms with Gasteiger partial charge in [0.05, 0.1) is 12.2 Å². The molecule has 1 aliphatic carbocycles. The topological polar surface area (TPSA) is 66.5 Å². The molecular formula is C6H14ClNO2. The summed E-state index contributed by atoms with van der Waals surface area (Å²) in [5.74, 6) is 0. The van der Waals surface area contributed by atoms with Gasteiger partial charge in [-0.05, 0) is 19.3 Å². The molecule has 1 aliphatic rings. The molecule has 0 radical (unpaired) electrons. The SMILES string of the molecule is Cl.N[C@@H]1CCC[C@@H](O)[C@H]1O. The molecule has 0 aliphatic heterocycles. The Morgan fingerprint density at radius 1 is 1.20 bits per heavy atom. The predicted molar refractivity (Wildman–Crippen MR) is 41.1 cm³/mol. The molecule has 0 aromatic heterocycles. The zero-order valence-corrected chi connectivity index (χ0v) is 6.55. The van der Waals surface area contributed by atoms with E-state index in [0.29, 0.717) is 6.42 Å². The zero-order valence-electron chi connectivity index (χ0n) is 5.73. The first kappa shape index (κ1) is 10.2. The molecular weight excluding hydrogens is 154 g/mol. The van der Waals surface area contributed by atoms with Gasteiger partial charge in [0.2, 0.25) is 0 Å². The second kappa shape index (κ2) is 4.13. The largest absolute Gasteiger partial charge is 0.390 e. The van der Waals surface area contributed by atoms with E-state index < -0.39 is 12.2 Å². The van der Waals surface area contributed by atoms with Crippen molar-refractivity contribution in [1.82, 2.24) is 0 Å². The van der Waals surface area contributed by atoms with Crippen molar-refractivity contribution in [2.24, 2.45) is 5.73 Å².